The number of rotatable bonds is 4. The van der Waals surface area contributed by atoms with Gasteiger partial charge in [-0.3, -0.25) is 4.79 Å². The summed E-state index contributed by atoms with van der Waals surface area (Å²) < 4.78 is 25.7. The first kappa shape index (κ1) is 14.4. The van der Waals surface area contributed by atoms with Crippen molar-refractivity contribution in [2.45, 2.75) is 17.9 Å². The van der Waals surface area contributed by atoms with Crippen LogP contribution in [0.1, 0.15) is 12.5 Å². The van der Waals surface area contributed by atoms with Crippen LogP contribution in [0.25, 0.3) is 0 Å². The summed E-state index contributed by atoms with van der Waals surface area (Å²) in [4.78, 5) is 10.3. The van der Waals surface area contributed by atoms with Gasteiger partial charge in [-0.2, -0.15) is 9.98 Å². The highest BCUT2D eigenvalue weighted by molar-refractivity contribution is 7.89. The Labute approximate surface area is 109 Å². The summed E-state index contributed by atoms with van der Waals surface area (Å²) in [6.45, 7) is 1.18. The fourth-order valence-electron chi connectivity index (χ4n) is 1.13. The third-order valence-electron chi connectivity index (χ3n) is 2.05. The van der Waals surface area contributed by atoms with E-state index < -0.39 is 22.0 Å². The topological polar surface area (TPSA) is 107 Å². The summed E-state index contributed by atoms with van der Waals surface area (Å²) >= 11 is 5.72. The lowest BCUT2D eigenvalue weighted by Gasteiger charge is -2.11. The predicted octanol–water partition coefficient (Wildman–Crippen LogP) is 0.963. The quantitative estimate of drug-likeness (QED) is 0.858. The summed E-state index contributed by atoms with van der Waals surface area (Å²) in [5.74, 6) is -1.31. The average molecular weight is 289 g/mol. The molecule has 0 aliphatic carbocycles. The van der Waals surface area contributed by atoms with E-state index in [4.69, 9.17) is 22.0 Å². The molecule has 96 valence electrons. The van der Waals surface area contributed by atoms with Crippen LogP contribution in [-0.2, 0) is 14.8 Å². The molecule has 0 aliphatic rings. The zero-order valence-corrected chi connectivity index (χ0v) is 10.8. The smallest absolute Gasteiger partial charge is 0.321 e. The Morgan fingerprint density at radius 3 is 2.67 bits per heavy atom. The summed E-state index contributed by atoms with van der Waals surface area (Å²) in [5.41, 5.74) is 0.114. The molecule has 0 spiro atoms. The first-order valence-corrected chi connectivity index (χ1v) is 6.59. The molecule has 0 heterocycles. The molecule has 0 fully saturated rings. The molecule has 1 atom stereocenters. The third kappa shape index (κ3) is 3.20. The van der Waals surface area contributed by atoms with Crippen LogP contribution in [0.5, 0.6) is 0 Å². The second-order valence-corrected chi connectivity index (χ2v) is 5.53. The number of halogens is 1. The molecule has 2 N–H and O–H groups in total. The van der Waals surface area contributed by atoms with Gasteiger partial charge in [0.05, 0.1) is 16.7 Å². The Morgan fingerprint density at radius 2 is 2.17 bits per heavy atom. The van der Waals surface area contributed by atoms with Gasteiger partial charge >= 0.3 is 5.97 Å². The highest BCUT2D eigenvalue weighted by Gasteiger charge is 2.24. The summed E-state index contributed by atoms with van der Waals surface area (Å²) in [7, 11) is -4.08. The van der Waals surface area contributed by atoms with Crippen LogP contribution in [0.2, 0.25) is 5.02 Å². The molecule has 0 amide bonds. The molecule has 8 heteroatoms. The van der Waals surface area contributed by atoms with Crippen molar-refractivity contribution < 1.29 is 18.3 Å². The number of benzene rings is 1. The molecule has 0 bridgehead atoms. The molecule has 6 nitrogen and oxygen atoms in total. The predicted molar refractivity (Wildman–Crippen MR) is 63.6 cm³/mol. The standard InChI is InChI=1S/C10H9ClN2O4S/c1-6(10(14)15)13-18(16,17)9-4-7(5-12)2-3-8(9)11/h2-4,6,13H,1H3,(H,14,15). The van der Waals surface area contributed by atoms with Crippen molar-refractivity contribution in [1.82, 2.24) is 4.72 Å². The normalized spacial score (nSPS) is 12.7. The lowest BCUT2D eigenvalue weighted by Crippen LogP contribution is -2.38. The van der Waals surface area contributed by atoms with Crippen molar-refractivity contribution in [2.24, 2.45) is 0 Å². The van der Waals surface area contributed by atoms with E-state index in [1.165, 1.54) is 19.1 Å². The number of nitriles is 1. The van der Waals surface area contributed by atoms with E-state index in [0.717, 1.165) is 6.07 Å². The Kier molecular flexibility index (Phi) is 4.29. The number of hydrogen-bond donors (Lipinski definition) is 2. The molecule has 18 heavy (non-hydrogen) atoms. The number of sulfonamides is 1. The van der Waals surface area contributed by atoms with Gasteiger partial charge in [0.2, 0.25) is 10.0 Å². The van der Waals surface area contributed by atoms with E-state index in [1.807, 2.05) is 4.72 Å². The lowest BCUT2D eigenvalue weighted by atomic mass is 10.2. The van der Waals surface area contributed by atoms with Crippen LogP contribution in [0.4, 0.5) is 0 Å². The van der Waals surface area contributed by atoms with Gasteiger partial charge in [0.15, 0.2) is 0 Å². The van der Waals surface area contributed by atoms with Crippen molar-refractivity contribution in [1.29, 1.82) is 5.26 Å². The number of carboxylic acid groups (broad SMARTS) is 1. The molecule has 0 aliphatic heterocycles. The minimum atomic E-state index is -4.08. The maximum Gasteiger partial charge on any atom is 0.321 e. The van der Waals surface area contributed by atoms with Crippen molar-refractivity contribution in [3.63, 3.8) is 0 Å². The van der Waals surface area contributed by atoms with Crippen LogP contribution < -0.4 is 4.72 Å². The summed E-state index contributed by atoms with van der Waals surface area (Å²) in [6, 6.07) is 4.19. The second-order valence-electron chi connectivity index (χ2n) is 3.44. The van der Waals surface area contributed by atoms with Crippen molar-refractivity contribution >= 4 is 27.6 Å². The Balaban J connectivity index is 3.21. The van der Waals surface area contributed by atoms with E-state index in [1.54, 1.807) is 6.07 Å². The lowest BCUT2D eigenvalue weighted by molar-refractivity contribution is -0.138. The molecular formula is C10H9ClN2O4S. The van der Waals surface area contributed by atoms with Crippen molar-refractivity contribution in [2.75, 3.05) is 0 Å². The minimum Gasteiger partial charge on any atom is -0.480 e. The first-order chi connectivity index (χ1) is 8.27. The third-order valence-corrected chi connectivity index (χ3v) is 4.07. The van der Waals surface area contributed by atoms with Gasteiger partial charge < -0.3 is 5.11 Å². The zero-order chi connectivity index (χ0) is 13.9. The summed E-state index contributed by atoms with van der Waals surface area (Å²) in [6.07, 6.45) is 0. The SMILES string of the molecule is CC(NS(=O)(=O)c1cc(C#N)ccc1Cl)C(=O)O. The van der Waals surface area contributed by atoms with Gasteiger partial charge in [0.25, 0.3) is 0 Å². The number of nitrogens with zero attached hydrogens (tertiary/aromatic N) is 1. The van der Waals surface area contributed by atoms with Gasteiger partial charge in [-0.15, -0.1) is 0 Å². The molecule has 1 aromatic carbocycles. The van der Waals surface area contributed by atoms with Crippen LogP contribution in [0.15, 0.2) is 23.1 Å². The number of carboxylic acids is 1. The molecule has 0 saturated heterocycles. The van der Waals surface area contributed by atoms with E-state index >= 15 is 0 Å². The van der Waals surface area contributed by atoms with Gasteiger partial charge in [0, 0.05) is 0 Å². The highest BCUT2D eigenvalue weighted by Crippen LogP contribution is 2.22. The van der Waals surface area contributed by atoms with Crippen LogP contribution in [0.3, 0.4) is 0 Å². The first-order valence-electron chi connectivity index (χ1n) is 4.72. The molecule has 1 unspecified atom stereocenters. The summed E-state index contributed by atoms with van der Waals surface area (Å²) in [5, 5.41) is 17.3. The second kappa shape index (κ2) is 5.35. The molecular weight excluding hydrogens is 280 g/mol. The van der Waals surface area contributed by atoms with E-state index in [0.29, 0.717) is 0 Å². The molecule has 1 aromatic rings. The Bertz CT molecular complexity index is 621. The van der Waals surface area contributed by atoms with Crippen molar-refractivity contribution in [3.05, 3.63) is 28.8 Å². The van der Waals surface area contributed by atoms with Crippen LogP contribution in [-0.4, -0.2) is 25.5 Å². The van der Waals surface area contributed by atoms with Crippen molar-refractivity contribution in [3.8, 4) is 6.07 Å². The molecule has 0 aromatic heterocycles. The van der Waals surface area contributed by atoms with Gasteiger partial charge in [0.1, 0.15) is 10.9 Å². The zero-order valence-electron chi connectivity index (χ0n) is 9.21. The maximum absolute atomic E-state index is 11.9. The number of carbonyl (C=O) groups is 1. The fourth-order valence-corrected chi connectivity index (χ4v) is 2.85. The number of nitrogens with one attached hydrogen (secondary N) is 1. The monoisotopic (exact) mass is 288 g/mol. The molecule has 1 rings (SSSR count). The highest BCUT2D eigenvalue weighted by atomic mass is 35.5. The van der Waals surface area contributed by atoms with E-state index in [9.17, 15) is 13.2 Å². The fraction of sp³-hybridized carbons (Fsp3) is 0.200. The average Bonchev–Trinajstić information content (AvgIpc) is 2.28. The van der Waals surface area contributed by atoms with Gasteiger partial charge in [-0.1, -0.05) is 11.6 Å². The van der Waals surface area contributed by atoms with Gasteiger partial charge in [-0.25, -0.2) is 8.42 Å². The Hall–Kier alpha value is -1.62. The largest absolute Gasteiger partial charge is 0.480 e. The molecule has 0 radical (unpaired) electrons. The Morgan fingerprint density at radius 1 is 1.56 bits per heavy atom. The number of aliphatic carboxylic acids is 1. The minimum absolute atomic E-state index is 0.0842. The molecule has 0 saturated carbocycles. The van der Waals surface area contributed by atoms with E-state index in [2.05, 4.69) is 0 Å². The van der Waals surface area contributed by atoms with Gasteiger partial charge in [-0.05, 0) is 25.1 Å². The van der Waals surface area contributed by atoms with Crippen LogP contribution in [0, 0.1) is 11.3 Å². The number of hydrogen-bond acceptors (Lipinski definition) is 4. The van der Waals surface area contributed by atoms with Crippen LogP contribution >= 0.6 is 11.6 Å². The maximum atomic E-state index is 11.9. The van der Waals surface area contributed by atoms with E-state index in [-0.39, 0.29) is 15.5 Å².